The molecule has 0 aromatic rings. The third kappa shape index (κ3) is 5.04. The van der Waals surface area contributed by atoms with Gasteiger partial charge in [-0.15, -0.1) is 0 Å². The van der Waals surface area contributed by atoms with Gasteiger partial charge < -0.3 is 16.0 Å². The highest BCUT2D eigenvalue weighted by Gasteiger charge is 2.18. The minimum atomic E-state index is 0.259. The molecule has 4 nitrogen and oxygen atoms in total. The van der Waals surface area contributed by atoms with Gasteiger partial charge in [0.1, 0.15) is 0 Å². The summed E-state index contributed by atoms with van der Waals surface area (Å²) >= 11 is 0. The minimum absolute atomic E-state index is 0.259. The van der Waals surface area contributed by atoms with Crippen LogP contribution in [-0.2, 0) is 4.79 Å². The zero-order chi connectivity index (χ0) is 12.7. The molecule has 0 heterocycles. The second-order valence-corrected chi connectivity index (χ2v) is 4.88. The normalized spacial score (nSPS) is 24.6. The molecule has 100 valence electrons. The van der Waals surface area contributed by atoms with Crippen molar-refractivity contribution in [3.63, 3.8) is 0 Å². The SMILES string of the molecule is CCN(CC)C(=O)CCNC1CCC(N)CC1. The van der Waals surface area contributed by atoms with E-state index in [-0.39, 0.29) is 5.91 Å². The summed E-state index contributed by atoms with van der Waals surface area (Å²) in [6.45, 7) is 6.48. The molecule has 17 heavy (non-hydrogen) atoms. The second kappa shape index (κ2) is 7.67. The zero-order valence-corrected chi connectivity index (χ0v) is 11.2. The van der Waals surface area contributed by atoms with E-state index >= 15 is 0 Å². The molecule has 0 aromatic heterocycles. The summed E-state index contributed by atoms with van der Waals surface area (Å²) in [7, 11) is 0. The molecule has 1 aliphatic rings. The van der Waals surface area contributed by atoms with Crippen LogP contribution in [0.25, 0.3) is 0 Å². The molecule has 0 saturated heterocycles. The second-order valence-electron chi connectivity index (χ2n) is 4.88. The third-order valence-corrected chi connectivity index (χ3v) is 3.66. The Kier molecular flexibility index (Phi) is 6.52. The molecule has 1 fully saturated rings. The molecule has 1 amide bonds. The number of hydrogen-bond acceptors (Lipinski definition) is 3. The number of nitrogens with one attached hydrogen (secondary N) is 1. The predicted molar refractivity (Wildman–Crippen MR) is 70.8 cm³/mol. The van der Waals surface area contributed by atoms with Crippen LogP contribution < -0.4 is 11.1 Å². The van der Waals surface area contributed by atoms with E-state index in [2.05, 4.69) is 5.32 Å². The summed E-state index contributed by atoms with van der Waals surface area (Å²) in [5.74, 6) is 0.259. The molecular weight excluding hydrogens is 214 g/mol. The maximum atomic E-state index is 11.8. The van der Waals surface area contributed by atoms with E-state index in [0.717, 1.165) is 45.3 Å². The molecule has 0 bridgehead atoms. The van der Waals surface area contributed by atoms with Crippen LogP contribution in [0.4, 0.5) is 0 Å². The molecule has 3 N–H and O–H groups in total. The lowest BCUT2D eigenvalue weighted by molar-refractivity contribution is -0.130. The van der Waals surface area contributed by atoms with Gasteiger partial charge in [0.25, 0.3) is 0 Å². The number of amides is 1. The standard InChI is InChI=1S/C13H27N3O/c1-3-16(4-2)13(17)9-10-15-12-7-5-11(14)6-8-12/h11-12,15H,3-10,14H2,1-2H3. The van der Waals surface area contributed by atoms with E-state index in [1.54, 1.807) is 0 Å². The Balaban J connectivity index is 2.13. The quantitative estimate of drug-likeness (QED) is 0.732. The van der Waals surface area contributed by atoms with Crippen molar-refractivity contribution in [2.75, 3.05) is 19.6 Å². The van der Waals surface area contributed by atoms with Crippen LogP contribution in [-0.4, -0.2) is 42.5 Å². The molecule has 0 aromatic carbocycles. The van der Waals surface area contributed by atoms with E-state index in [4.69, 9.17) is 5.73 Å². The Morgan fingerprint density at radius 2 is 1.82 bits per heavy atom. The van der Waals surface area contributed by atoms with Crippen LogP contribution in [0.2, 0.25) is 0 Å². The van der Waals surface area contributed by atoms with Crippen molar-refractivity contribution >= 4 is 5.91 Å². The van der Waals surface area contributed by atoms with Gasteiger partial charge in [-0.05, 0) is 39.5 Å². The molecule has 0 spiro atoms. The van der Waals surface area contributed by atoms with Gasteiger partial charge in [0, 0.05) is 38.1 Å². The fraction of sp³-hybridized carbons (Fsp3) is 0.923. The average molecular weight is 241 g/mol. The van der Waals surface area contributed by atoms with Gasteiger partial charge in [0.2, 0.25) is 5.91 Å². The Morgan fingerprint density at radius 1 is 1.24 bits per heavy atom. The summed E-state index contributed by atoms with van der Waals surface area (Å²) in [4.78, 5) is 13.7. The van der Waals surface area contributed by atoms with E-state index in [1.165, 1.54) is 0 Å². The molecule has 1 rings (SSSR count). The smallest absolute Gasteiger partial charge is 0.223 e. The Morgan fingerprint density at radius 3 is 2.35 bits per heavy atom. The topological polar surface area (TPSA) is 58.4 Å². The average Bonchev–Trinajstić information content (AvgIpc) is 2.33. The van der Waals surface area contributed by atoms with E-state index < -0.39 is 0 Å². The first-order valence-corrected chi connectivity index (χ1v) is 6.94. The lowest BCUT2D eigenvalue weighted by atomic mass is 9.92. The molecule has 0 atom stereocenters. The fourth-order valence-corrected chi connectivity index (χ4v) is 2.44. The van der Waals surface area contributed by atoms with Crippen molar-refractivity contribution in [1.82, 2.24) is 10.2 Å². The first kappa shape index (κ1) is 14.5. The highest BCUT2D eigenvalue weighted by Crippen LogP contribution is 2.16. The summed E-state index contributed by atoms with van der Waals surface area (Å²) in [6.07, 6.45) is 5.15. The molecular formula is C13H27N3O. The van der Waals surface area contributed by atoms with Gasteiger partial charge in [-0.2, -0.15) is 0 Å². The van der Waals surface area contributed by atoms with Crippen LogP contribution >= 0.6 is 0 Å². The Hall–Kier alpha value is -0.610. The summed E-state index contributed by atoms with van der Waals surface area (Å²) in [5.41, 5.74) is 5.86. The fourth-order valence-electron chi connectivity index (χ4n) is 2.44. The lowest BCUT2D eigenvalue weighted by Gasteiger charge is -2.27. The number of hydrogen-bond donors (Lipinski definition) is 2. The summed E-state index contributed by atoms with van der Waals surface area (Å²) < 4.78 is 0. The van der Waals surface area contributed by atoms with Gasteiger partial charge in [-0.25, -0.2) is 0 Å². The largest absolute Gasteiger partial charge is 0.343 e. The van der Waals surface area contributed by atoms with Crippen LogP contribution in [0.5, 0.6) is 0 Å². The number of nitrogens with two attached hydrogens (primary N) is 1. The minimum Gasteiger partial charge on any atom is -0.343 e. The first-order chi connectivity index (χ1) is 8.17. The maximum Gasteiger partial charge on any atom is 0.223 e. The number of nitrogens with zero attached hydrogens (tertiary/aromatic N) is 1. The molecule has 4 heteroatoms. The molecule has 1 aliphatic carbocycles. The molecule has 1 saturated carbocycles. The van der Waals surface area contributed by atoms with Gasteiger partial charge in [-0.1, -0.05) is 0 Å². The van der Waals surface area contributed by atoms with Gasteiger partial charge in [0.05, 0.1) is 0 Å². The van der Waals surface area contributed by atoms with Crippen molar-refractivity contribution in [2.24, 2.45) is 5.73 Å². The third-order valence-electron chi connectivity index (χ3n) is 3.66. The van der Waals surface area contributed by atoms with Crippen molar-refractivity contribution in [3.8, 4) is 0 Å². The number of carbonyl (C=O) groups is 1. The highest BCUT2D eigenvalue weighted by molar-refractivity contribution is 5.76. The molecule has 0 radical (unpaired) electrons. The Bertz CT molecular complexity index is 221. The van der Waals surface area contributed by atoms with E-state index in [9.17, 15) is 4.79 Å². The molecule has 0 unspecified atom stereocenters. The van der Waals surface area contributed by atoms with E-state index in [0.29, 0.717) is 18.5 Å². The highest BCUT2D eigenvalue weighted by atomic mass is 16.2. The van der Waals surface area contributed by atoms with Crippen LogP contribution in [0.3, 0.4) is 0 Å². The lowest BCUT2D eigenvalue weighted by Crippen LogP contribution is -2.39. The van der Waals surface area contributed by atoms with Crippen molar-refractivity contribution in [1.29, 1.82) is 0 Å². The maximum absolute atomic E-state index is 11.8. The molecule has 0 aliphatic heterocycles. The van der Waals surface area contributed by atoms with Crippen molar-refractivity contribution in [3.05, 3.63) is 0 Å². The number of rotatable bonds is 6. The summed E-state index contributed by atoms with van der Waals surface area (Å²) in [6, 6.07) is 0.963. The first-order valence-electron chi connectivity index (χ1n) is 6.94. The Labute approximate surface area is 105 Å². The predicted octanol–water partition coefficient (Wildman–Crippen LogP) is 1.10. The van der Waals surface area contributed by atoms with Gasteiger partial charge in [-0.3, -0.25) is 4.79 Å². The van der Waals surface area contributed by atoms with Gasteiger partial charge >= 0.3 is 0 Å². The summed E-state index contributed by atoms with van der Waals surface area (Å²) in [5, 5.41) is 3.47. The number of carbonyl (C=O) groups excluding carboxylic acids is 1. The van der Waals surface area contributed by atoms with Gasteiger partial charge in [0.15, 0.2) is 0 Å². The van der Waals surface area contributed by atoms with Crippen molar-refractivity contribution < 1.29 is 4.79 Å². The van der Waals surface area contributed by atoms with Crippen LogP contribution in [0, 0.1) is 0 Å². The van der Waals surface area contributed by atoms with E-state index in [1.807, 2.05) is 18.7 Å². The van der Waals surface area contributed by atoms with Crippen LogP contribution in [0.1, 0.15) is 46.0 Å². The monoisotopic (exact) mass is 241 g/mol. The van der Waals surface area contributed by atoms with Crippen LogP contribution in [0.15, 0.2) is 0 Å². The zero-order valence-electron chi connectivity index (χ0n) is 11.2. The van der Waals surface area contributed by atoms with Crippen molar-refractivity contribution in [2.45, 2.75) is 58.0 Å².